The summed E-state index contributed by atoms with van der Waals surface area (Å²) < 4.78 is 0. The summed E-state index contributed by atoms with van der Waals surface area (Å²) in [5.41, 5.74) is 2.76. The summed E-state index contributed by atoms with van der Waals surface area (Å²) >= 11 is 0. The van der Waals surface area contributed by atoms with Crippen LogP contribution in [0, 0.1) is 11.8 Å². The molecular weight excluding hydrogens is 298 g/mol. The van der Waals surface area contributed by atoms with Gasteiger partial charge in [0.05, 0.1) is 0 Å². The second-order valence-electron chi connectivity index (χ2n) is 7.51. The Kier molecular flexibility index (Phi) is 5.77. The van der Waals surface area contributed by atoms with Crippen LogP contribution in [0.1, 0.15) is 38.7 Å². The molecule has 0 radical (unpaired) electrons. The fourth-order valence-corrected chi connectivity index (χ4v) is 4.09. The van der Waals surface area contributed by atoms with Crippen LogP contribution in [0.15, 0.2) is 24.3 Å². The number of carbonyl (C=O) groups excluding carboxylic acids is 1. The van der Waals surface area contributed by atoms with Gasteiger partial charge in [-0.2, -0.15) is 0 Å². The highest BCUT2D eigenvalue weighted by atomic mass is 16.1. The first-order chi connectivity index (χ1) is 11.6. The van der Waals surface area contributed by atoms with E-state index in [1.807, 2.05) is 0 Å². The van der Waals surface area contributed by atoms with E-state index in [-0.39, 0.29) is 5.91 Å². The van der Waals surface area contributed by atoms with Gasteiger partial charge in [-0.1, -0.05) is 25.1 Å². The Morgan fingerprint density at radius 1 is 1.38 bits per heavy atom. The molecule has 1 amide bonds. The molecule has 1 saturated heterocycles. The van der Waals surface area contributed by atoms with Crippen LogP contribution in [0.2, 0.25) is 0 Å². The summed E-state index contributed by atoms with van der Waals surface area (Å²) in [5, 5.41) is 6.61. The lowest BCUT2D eigenvalue weighted by atomic mass is 9.85. The highest BCUT2D eigenvalue weighted by Crippen LogP contribution is 2.29. The summed E-state index contributed by atoms with van der Waals surface area (Å²) in [7, 11) is 0. The van der Waals surface area contributed by atoms with E-state index in [0.29, 0.717) is 24.3 Å². The minimum absolute atomic E-state index is 0.201. The Hall–Kier alpha value is -1.55. The summed E-state index contributed by atoms with van der Waals surface area (Å²) in [6, 6.07) is 8.95. The first-order valence-electron chi connectivity index (χ1n) is 9.47. The molecule has 0 bridgehead atoms. The number of hydrogen-bond donors (Lipinski definition) is 2. The highest BCUT2D eigenvalue weighted by Gasteiger charge is 2.24. The molecule has 1 aromatic carbocycles. The molecule has 0 aromatic heterocycles. The monoisotopic (exact) mass is 329 g/mol. The van der Waals surface area contributed by atoms with Crippen molar-refractivity contribution in [2.75, 3.05) is 31.1 Å². The van der Waals surface area contributed by atoms with Crippen LogP contribution in [0.25, 0.3) is 0 Å². The summed E-state index contributed by atoms with van der Waals surface area (Å²) in [6.07, 6.45) is 4.25. The molecule has 3 atom stereocenters. The third-order valence-corrected chi connectivity index (χ3v) is 5.70. The molecule has 1 fully saturated rings. The number of amides is 1. The zero-order valence-electron chi connectivity index (χ0n) is 15.1. The van der Waals surface area contributed by atoms with E-state index >= 15 is 0 Å². The topological polar surface area (TPSA) is 44.4 Å². The molecule has 2 aliphatic heterocycles. The summed E-state index contributed by atoms with van der Waals surface area (Å²) in [5.74, 6) is 1.31. The normalized spacial score (nSPS) is 22.8. The van der Waals surface area contributed by atoms with Gasteiger partial charge < -0.3 is 15.5 Å². The molecule has 1 aromatic rings. The van der Waals surface area contributed by atoms with E-state index in [9.17, 15) is 4.79 Å². The maximum atomic E-state index is 12.3. The zero-order chi connectivity index (χ0) is 16.9. The Morgan fingerprint density at radius 2 is 2.21 bits per heavy atom. The molecule has 2 N–H and O–H groups in total. The molecule has 0 spiro atoms. The Labute approximate surface area is 146 Å². The van der Waals surface area contributed by atoms with Crippen LogP contribution in [0.5, 0.6) is 0 Å². The minimum Gasteiger partial charge on any atom is -0.366 e. The number of anilines is 1. The van der Waals surface area contributed by atoms with Crippen molar-refractivity contribution >= 4 is 11.6 Å². The number of rotatable bonds is 6. The van der Waals surface area contributed by atoms with E-state index in [0.717, 1.165) is 32.6 Å². The number of nitrogens with zero attached hydrogens (tertiary/aromatic N) is 1. The van der Waals surface area contributed by atoms with Crippen molar-refractivity contribution in [3.63, 3.8) is 0 Å². The van der Waals surface area contributed by atoms with Gasteiger partial charge in [0.25, 0.3) is 0 Å². The van der Waals surface area contributed by atoms with Gasteiger partial charge in [0, 0.05) is 31.2 Å². The maximum Gasteiger partial charge on any atom is 0.220 e. The molecule has 4 nitrogen and oxygen atoms in total. The van der Waals surface area contributed by atoms with Gasteiger partial charge in [0.15, 0.2) is 0 Å². The SMILES string of the molecule is CC(CC(=O)NCC(C)N1CCc2ccccc21)C1CCCNC1. The molecule has 2 heterocycles. The van der Waals surface area contributed by atoms with Gasteiger partial charge in [0.1, 0.15) is 0 Å². The number of para-hydroxylation sites is 1. The minimum atomic E-state index is 0.201. The predicted molar refractivity (Wildman–Crippen MR) is 99.3 cm³/mol. The van der Waals surface area contributed by atoms with Crippen LogP contribution in [0.4, 0.5) is 5.69 Å². The molecule has 2 aliphatic rings. The number of carbonyl (C=O) groups is 1. The van der Waals surface area contributed by atoms with Crippen molar-refractivity contribution in [1.82, 2.24) is 10.6 Å². The number of nitrogens with one attached hydrogen (secondary N) is 2. The van der Waals surface area contributed by atoms with Crippen LogP contribution in [0.3, 0.4) is 0 Å². The van der Waals surface area contributed by atoms with Crippen LogP contribution in [-0.2, 0) is 11.2 Å². The number of fused-ring (bicyclic) bond motifs is 1. The number of piperidine rings is 1. The summed E-state index contributed by atoms with van der Waals surface area (Å²) in [4.78, 5) is 14.7. The van der Waals surface area contributed by atoms with Crippen LogP contribution >= 0.6 is 0 Å². The smallest absolute Gasteiger partial charge is 0.220 e. The van der Waals surface area contributed by atoms with Crippen molar-refractivity contribution < 1.29 is 4.79 Å². The average Bonchev–Trinajstić information content (AvgIpc) is 3.04. The first kappa shape index (κ1) is 17.3. The van der Waals surface area contributed by atoms with E-state index < -0.39 is 0 Å². The van der Waals surface area contributed by atoms with Crippen molar-refractivity contribution in [2.24, 2.45) is 11.8 Å². The van der Waals surface area contributed by atoms with Gasteiger partial charge in [-0.25, -0.2) is 0 Å². The van der Waals surface area contributed by atoms with Gasteiger partial charge in [0.2, 0.25) is 5.91 Å². The van der Waals surface area contributed by atoms with E-state index in [1.54, 1.807) is 0 Å². The fourth-order valence-electron chi connectivity index (χ4n) is 4.09. The van der Waals surface area contributed by atoms with Crippen molar-refractivity contribution in [3.8, 4) is 0 Å². The van der Waals surface area contributed by atoms with Crippen molar-refractivity contribution in [3.05, 3.63) is 29.8 Å². The molecule has 132 valence electrons. The lowest BCUT2D eigenvalue weighted by molar-refractivity contribution is -0.122. The second-order valence-corrected chi connectivity index (χ2v) is 7.51. The summed E-state index contributed by atoms with van der Waals surface area (Å²) in [6.45, 7) is 8.40. The third kappa shape index (κ3) is 4.10. The Bertz CT molecular complexity index is 554. The highest BCUT2D eigenvalue weighted by molar-refractivity contribution is 5.76. The quantitative estimate of drug-likeness (QED) is 0.843. The maximum absolute atomic E-state index is 12.3. The van der Waals surface area contributed by atoms with Gasteiger partial charge >= 0.3 is 0 Å². The van der Waals surface area contributed by atoms with E-state index in [4.69, 9.17) is 0 Å². The Morgan fingerprint density at radius 3 is 3.00 bits per heavy atom. The third-order valence-electron chi connectivity index (χ3n) is 5.70. The Balaban J connectivity index is 1.44. The molecule has 3 rings (SSSR count). The van der Waals surface area contributed by atoms with Crippen LogP contribution in [-0.4, -0.2) is 38.1 Å². The van der Waals surface area contributed by atoms with Gasteiger partial charge in [-0.05, 0) is 62.7 Å². The van der Waals surface area contributed by atoms with E-state index in [1.165, 1.54) is 24.1 Å². The number of hydrogen-bond acceptors (Lipinski definition) is 3. The standard InChI is InChI=1S/C20H31N3O/c1-15(18-7-5-10-21-14-18)12-20(24)22-13-16(2)23-11-9-17-6-3-4-8-19(17)23/h3-4,6,8,15-16,18,21H,5,7,9-14H2,1-2H3,(H,22,24). The van der Waals surface area contributed by atoms with Crippen molar-refractivity contribution in [2.45, 2.75) is 45.6 Å². The largest absolute Gasteiger partial charge is 0.366 e. The molecule has 0 aliphatic carbocycles. The lowest BCUT2D eigenvalue weighted by Crippen LogP contribution is -2.42. The molecule has 24 heavy (non-hydrogen) atoms. The van der Waals surface area contributed by atoms with E-state index in [2.05, 4.69) is 53.6 Å². The van der Waals surface area contributed by atoms with Gasteiger partial charge in [-0.3, -0.25) is 4.79 Å². The van der Waals surface area contributed by atoms with Crippen molar-refractivity contribution in [1.29, 1.82) is 0 Å². The molecular formula is C20H31N3O. The van der Waals surface area contributed by atoms with Crippen LogP contribution < -0.4 is 15.5 Å². The molecule has 3 unspecified atom stereocenters. The first-order valence-corrected chi connectivity index (χ1v) is 9.47. The van der Waals surface area contributed by atoms with Gasteiger partial charge in [-0.15, -0.1) is 0 Å². The lowest BCUT2D eigenvalue weighted by Gasteiger charge is -2.29. The fraction of sp³-hybridized carbons (Fsp3) is 0.650. The number of benzene rings is 1. The average molecular weight is 329 g/mol. The molecule has 4 heteroatoms. The zero-order valence-corrected chi connectivity index (χ0v) is 15.1. The molecule has 0 saturated carbocycles. The second kappa shape index (κ2) is 8.02. The predicted octanol–water partition coefficient (Wildman–Crippen LogP) is 2.58.